The highest BCUT2D eigenvalue weighted by Crippen LogP contribution is 2.44. The lowest BCUT2D eigenvalue weighted by molar-refractivity contribution is 0.995. The molecule has 3 heterocycles. The van der Waals surface area contributed by atoms with Gasteiger partial charge in [0.2, 0.25) is 5.95 Å². The fraction of sp³-hybridized carbons (Fsp3) is 0. The molecule has 0 radical (unpaired) electrons. The summed E-state index contributed by atoms with van der Waals surface area (Å²) < 4.78 is 4.66. The maximum absolute atomic E-state index is 5.23. The third kappa shape index (κ3) is 4.60. The van der Waals surface area contributed by atoms with Crippen LogP contribution in [0.25, 0.3) is 110 Å². The van der Waals surface area contributed by atoms with Crippen LogP contribution in [0.2, 0.25) is 0 Å². The van der Waals surface area contributed by atoms with Gasteiger partial charge >= 0.3 is 0 Å². The second-order valence-corrected chi connectivity index (χ2v) is 14.6. The zero-order chi connectivity index (χ0) is 36.7. The van der Waals surface area contributed by atoms with Crippen LogP contribution < -0.4 is 0 Å². The van der Waals surface area contributed by atoms with Crippen LogP contribution in [-0.2, 0) is 0 Å². The summed E-state index contributed by atoms with van der Waals surface area (Å²) in [4.78, 5) is 10.5. The van der Waals surface area contributed by atoms with E-state index in [1.807, 2.05) is 12.1 Å². The summed E-state index contributed by atoms with van der Waals surface area (Å²) in [5, 5.41) is 9.92. The van der Waals surface area contributed by atoms with Crippen molar-refractivity contribution in [2.45, 2.75) is 0 Å². The highest BCUT2D eigenvalue weighted by Gasteiger charge is 2.21. The Bertz CT molecular complexity index is 3410. The van der Waals surface area contributed by atoms with Crippen LogP contribution in [0.5, 0.6) is 0 Å². The molecule has 0 N–H and O–H groups in total. The summed E-state index contributed by atoms with van der Waals surface area (Å²) >= 11 is 0. The molecule has 12 aromatic rings. The van der Waals surface area contributed by atoms with E-state index in [4.69, 9.17) is 9.97 Å². The minimum atomic E-state index is 0.651. The molecule has 0 fully saturated rings. The Morgan fingerprint density at radius 1 is 0.321 bits per heavy atom. The summed E-state index contributed by atoms with van der Waals surface area (Å²) in [5.74, 6) is 0.651. The van der Waals surface area contributed by atoms with E-state index < -0.39 is 0 Å². The van der Waals surface area contributed by atoms with E-state index in [0.717, 1.165) is 33.5 Å². The number of benzene rings is 9. The standard InChI is InChI=1S/C52H32N4/c1-3-13-34(14-4-1)44-32-45(35-15-5-2-6-16-35)54-52(53-44)56-46-20-10-9-19-41(46)43-31-38(24-28-47(43)56)40-27-29-49-51-42(40)26-23-36-18-11-21-48(50(36)51)55(49)39-25-22-33-12-7-8-17-37(33)30-39/h1-32H. The molecular weight excluding hydrogens is 681 g/mol. The van der Waals surface area contributed by atoms with Gasteiger partial charge in [-0.05, 0) is 81.2 Å². The second kappa shape index (κ2) is 12.0. The molecule has 4 heteroatoms. The largest absolute Gasteiger partial charge is 0.309 e. The summed E-state index contributed by atoms with van der Waals surface area (Å²) in [6.07, 6.45) is 0. The number of aromatic nitrogens is 4. The molecule has 0 atom stereocenters. The first-order valence-corrected chi connectivity index (χ1v) is 19.1. The van der Waals surface area contributed by atoms with Gasteiger partial charge in [0.1, 0.15) is 0 Å². The van der Waals surface area contributed by atoms with Crippen LogP contribution in [0.15, 0.2) is 194 Å². The maximum atomic E-state index is 5.23. The monoisotopic (exact) mass is 712 g/mol. The molecule has 0 aliphatic carbocycles. The molecule has 4 nitrogen and oxygen atoms in total. The first kappa shape index (κ1) is 30.9. The number of fused-ring (bicyclic) bond motifs is 4. The highest BCUT2D eigenvalue weighted by molar-refractivity contribution is 6.27. The molecule has 56 heavy (non-hydrogen) atoms. The van der Waals surface area contributed by atoms with Crippen molar-refractivity contribution in [3.63, 3.8) is 0 Å². The van der Waals surface area contributed by atoms with E-state index >= 15 is 0 Å². The van der Waals surface area contributed by atoms with Gasteiger partial charge in [-0.3, -0.25) is 4.57 Å². The lowest BCUT2D eigenvalue weighted by Crippen LogP contribution is -2.03. The van der Waals surface area contributed by atoms with Crippen molar-refractivity contribution >= 4 is 65.2 Å². The fourth-order valence-corrected chi connectivity index (χ4v) is 8.94. The van der Waals surface area contributed by atoms with E-state index in [1.54, 1.807) is 0 Å². The topological polar surface area (TPSA) is 35.6 Å². The molecule has 0 unspecified atom stereocenters. The zero-order valence-corrected chi connectivity index (χ0v) is 30.3. The molecule has 0 bridgehead atoms. The van der Waals surface area contributed by atoms with Gasteiger partial charge in [0.05, 0.1) is 33.5 Å². The Balaban J connectivity index is 1.07. The molecule has 3 aromatic heterocycles. The predicted molar refractivity (Wildman–Crippen MR) is 233 cm³/mol. The average Bonchev–Trinajstić information content (AvgIpc) is 3.79. The molecule has 0 saturated heterocycles. The quantitative estimate of drug-likeness (QED) is 0.167. The summed E-state index contributed by atoms with van der Waals surface area (Å²) in [6.45, 7) is 0. The smallest absolute Gasteiger partial charge is 0.235 e. The van der Waals surface area contributed by atoms with Crippen molar-refractivity contribution in [2.24, 2.45) is 0 Å². The van der Waals surface area contributed by atoms with E-state index in [1.165, 1.54) is 70.9 Å². The van der Waals surface area contributed by atoms with E-state index in [0.29, 0.717) is 5.95 Å². The molecule has 260 valence electrons. The number of hydrogen-bond donors (Lipinski definition) is 0. The molecule has 0 spiro atoms. The number of rotatable bonds is 5. The fourth-order valence-electron chi connectivity index (χ4n) is 8.94. The lowest BCUT2D eigenvalue weighted by atomic mass is 9.94. The van der Waals surface area contributed by atoms with Crippen molar-refractivity contribution in [3.8, 4) is 45.3 Å². The Morgan fingerprint density at radius 3 is 1.75 bits per heavy atom. The van der Waals surface area contributed by atoms with Crippen molar-refractivity contribution in [1.29, 1.82) is 0 Å². The van der Waals surface area contributed by atoms with Gasteiger partial charge in [0.15, 0.2) is 0 Å². The van der Waals surface area contributed by atoms with Gasteiger partial charge < -0.3 is 4.57 Å². The van der Waals surface area contributed by atoms with Crippen LogP contribution in [0.3, 0.4) is 0 Å². The average molecular weight is 713 g/mol. The van der Waals surface area contributed by atoms with Gasteiger partial charge in [-0.2, -0.15) is 0 Å². The minimum Gasteiger partial charge on any atom is -0.309 e. The number of para-hydroxylation sites is 1. The Hall–Kier alpha value is -7.56. The van der Waals surface area contributed by atoms with Crippen LogP contribution in [0, 0.1) is 0 Å². The first-order valence-electron chi connectivity index (χ1n) is 19.1. The normalized spacial score (nSPS) is 11.9. The SMILES string of the molecule is c1ccc(-c2cc(-c3ccccc3)nc(-n3c4ccccc4c4cc(-c5ccc6c7c5ccc5cccc(c57)n6-c5ccc6ccccc6c5)ccc43)n2)cc1. The van der Waals surface area contributed by atoms with Crippen molar-refractivity contribution in [3.05, 3.63) is 194 Å². The summed E-state index contributed by atoms with van der Waals surface area (Å²) in [5.41, 5.74) is 12.0. The van der Waals surface area contributed by atoms with Gasteiger partial charge in [0.25, 0.3) is 0 Å². The van der Waals surface area contributed by atoms with Gasteiger partial charge in [-0.25, -0.2) is 9.97 Å². The number of nitrogens with zero attached hydrogens (tertiary/aromatic N) is 4. The van der Waals surface area contributed by atoms with Gasteiger partial charge in [-0.15, -0.1) is 0 Å². The summed E-state index contributed by atoms with van der Waals surface area (Å²) in [7, 11) is 0. The molecule has 12 rings (SSSR count). The van der Waals surface area contributed by atoms with Crippen LogP contribution in [0.1, 0.15) is 0 Å². The number of hydrogen-bond acceptors (Lipinski definition) is 2. The van der Waals surface area contributed by atoms with Crippen LogP contribution in [-0.4, -0.2) is 19.1 Å². The lowest BCUT2D eigenvalue weighted by Gasteiger charge is -2.12. The molecule has 0 amide bonds. The van der Waals surface area contributed by atoms with E-state index in [-0.39, 0.29) is 0 Å². The Labute approximate surface area is 322 Å². The zero-order valence-electron chi connectivity index (χ0n) is 30.3. The van der Waals surface area contributed by atoms with Crippen LogP contribution in [0.4, 0.5) is 0 Å². The van der Waals surface area contributed by atoms with Crippen molar-refractivity contribution in [1.82, 2.24) is 19.1 Å². The van der Waals surface area contributed by atoms with Gasteiger partial charge in [-0.1, -0.05) is 146 Å². The molecule has 9 aromatic carbocycles. The molecule has 0 aliphatic rings. The Kier molecular flexibility index (Phi) is 6.60. The third-order valence-electron chi connectivity index (χ3n) is 11.5. The van der Waals surface area contributed by atoms with E-state index in [9.17, 15) is 0 Å². The highest BCUT2D eigenvalue weighted by atomic mass is 15.2. The van der Waals surface area contributed by atoms with E-state index in [2.05, 4.69) is 191 Å². The minimum absolute atomic E-state index is 0.651. The summed E-state index contributed by atoms with van der Waals surface area (Å²) in [6, 6.07) is 69.6. The molecule has 0 aliphatic heterocycles. The maximum Gasteiger partial charge on any atom is 0.235 e. The Morgan fingerprint density at radius 2 is 0.946 bits per heavy atom. The third-order valence-corrected chi connectivity index (χ3v) is 11.5. The van der Waals surface area contributed by atoms with Crippen molar-refractivity contribution < 1.29 is 0 Å². The second-order valence-electron chi connectivity index (χ2n) is 14.6. The molecular formula is C52H32N4. The van der Waals surface area contributed by atoms with Crippen molar-refractivity contribution in [2.75, 3.05) is 0 Å². The first-order chi connectivity index (χ1) is 27.8. The molecule has 0 saturated carbocycles. The van der Waals surface area contributed by atoms with Gasteiger partial charge in [0, 0.05) is 38.4 Å². The predicted octanol–water partition coefficient (Wildman–Crippen LogP) is 13.4. The van der Waals surface area contributed by atoms with Crippen LogP contribution >= 0.6 is 0 Å².